The first-order valence-electron chi connectivity index (χ1n) is 40.5. The van der Waals surface area contributed by atoms with E-state index >= 15 is 0 Å². The highest BCUT2D eigenvalue weighted by Crippen LogP contribution is 2.38. The third kappa shape index (κ3) is 80.9. The van der Waals surface area contributed by atoms with E-state index in [0.29, 0.717) is 17.4 Å². The Morgan fingerprint density at radius 3 is 0.816 bits per heavy atom. The normalized spacial score (nSPS) is 13.8. The summed E-state index contributed by atoms with van der Waals surface area (Å²) in [7, 11) is 1.17. The number of nitrogens with zero attached hydrogens (tertiary/aromatic N) is 1. The van der Waals surface area contributed by atoms with Crippen LogP contribution in [0.1, 0.15) is 348 Å². The van der Waals surface area contributed by atoms with Gasteiger partial charge in [0, 0.05) is 12.8 Å². The molecule has 0 radical (unpaired) electrons. The molecule has 0 heterocycles. The number of quaternary nitrogens is 1. The molecule has 2 atom stereocenters. The van der Waals surface area contributed by atoms with Crippen molar-refractivity contribution >= 4 is 19.8 Å². The van der Waals surface area contributed by atoms with Crippen LogP contribution in [-0.2, 0) is 32.7 Å². The van der Waals surface area contributed by atoms with Crippen LogP contribution in [0.3, 0.4) is 0 Å². The number of esters is 2. The van der Waals surface area contributed by atoms with Gasteiger partial charge in [-0.2, -0.15) is 0 Å². The Hall–Kier alpha value is -4.11. The minimum Gasteiger partial charge on any atom is -0.756 e. The maximum absolute atomic E-state index is 12.9. The van der Waals surface area contributed by atoms with Crippen molar-refractivity contribution in [2.24, 2.45) is 0 Å². The molecule has 98 heavy (non-hydrogen) atoms. The van der Waals surface area contributed by atoms with Gasteiger partial charge in [-0.1, -0.05) is 365 Å². The molecule has 0 spiro atoms. The smallest absolute Gasteiger partial charge is 0.306 e. The van der Waals surface area contributed by atoms with Crippen molar-refractivity contribution < 1.29 is 42.1 Å². The van der Waals surface area contributed by atoms with Crippen molar-refractivity contribution in [2.45, 2.75) is 354 Å². The van der Waals surface area contributed by atoms with Gasteiger partial charge in [-0.25, -0.2) is 0 Å². The van der Waals surface area contributed by atoms with Crippen LogP contribution in [0, 0.1) is 0 Å². The summed E-state index contributed by atoms with van der Waals surface area (Å²) in [6, 6.07) is 0. The van der Waals surface area contributed by atoms with Crippen molar-refractivity contribution in [1.29, 1.82) is 0 Å². The van der Waals surface area contributed by atoms with Gasteiger partial charge in [0.15, 0.2) is 6.10 Å². The third-order valence-electron chi connectivity index (χ3n) is 17.4. The maximum atomic E-state index is 12.9. The van der Waals surface area contributed by atoms with Crippen LogP contribution in [0.4, 0.5) is 0 Å². The van der Waals surface area contributed by atoms with E-state index in [0.717, 1.165) is 116 Å². The highest BCUT2D eigenvalue weighted by atomic mass is 31.2. The summed E-state index contributed by atoms with van der Waals surface area (Å²) in [5.41, 5.74) is 0. The molecule has 0 rings (SSSR count). The number of likely N-dealkylation sites (N-methyl/N-ethyl adjacent to an activating group) is 1. The predicted molar refractivity (Wildman–Crippen MR) is 424 cm³/mol. The molecule has 0 saturated heterocycles. The topological polar surface area (TPSA) is 111 Å². The van der Waals surface area contributed by atoms with Gasteiger partial charge < -0.3 is 27.9 Å². The Kier molecular flexibility index (Phi) is 73.8. The fourth-order valence-electron chi connectivity index (χ4n) is 11.3. The lowest BCUT2D eigenvalue weighted by Crippen LogP contribution is -2.37. The van der Waals surface area contributed by atoms with Gasteiger partial charge in [-0.15, -0.1) is 0 Å². The summed E-state index contributed by atoms with van der Waals surface area (Å²) in [5.74, 6) is -0.826. The number of phosphoric acid groups is 1. The molecule has 0 aromatic rings. The van der Waals surface area contributed by atoms with E-state index in [2.05, 4.69) is 160 Å². The van der Waals surface area contributed by atoms with Gasteiger partial charge in [-0.05, 0) is 116 Å². The van der Waals surface area contributed by atoms with Gasteiger partial charge in [0.1, 0.15) is 19.8 Å². The highest BCUT2D eigenvalue weighted by molar-refractivity contribution is 7.45. The Bertz CT molecular complexity index is 2170. The third-order valence-corrected chi connectivity index (χ3v) is 18.3. The van der Waals surface area contributed by atoms with Crippen LogP contribution in [0.15, 0.2) is 146 Å². The van der Waals surface area contributed by atoms with Crippen molar-refractivity contribution in [3.8, 4) is 0 Å². The standard InChI is InChI=1S/C88H152NO8P/c1-6-8-10-12-14-16-18-20-22-24-26-28-30-32-34-36-38-40-42-43-44-45-47-48-50-52-54-56-58-60-62-64-66-68-70-72-74-76-78-80-87(90)94-84-86(85-96-98(92,93)95-83-82-89(3,4)5)97-88(91)81-79-77-75-73-71-69-67-65-63-61-59-57-55-53-51-49-46-41-39-37-35-33-31-29-27-25-23-21-19-17-15-13-11-9-7-2/h8-11,14-17,20-23,26-29,32-35,39,41,49,51,86H,6-7,12-13,18-19,24-25,30-31,36-38,40,42-48,50,52-85H2,1-5H3/b10-8-,11-9-,16-14-,17-15-,22-20-,23-21-,28-26-,29-27-,34-32-,35-33-,41-39-,51-49-. The minimum atomic E-state index is -4.65. The molecular weight excluding hydrogens is 1230 g/mol. The zero-order chi connectivity index (χ0) is 71.1. The summed E-state index contributed by atoms with van der Waals surface area (Å²) in [4.78, 5) is 38.2. The van der Waals surface area contributed by atoms with Crippen molar-refractivity contribution in [3.05, 3.63) is 146 Å². The first kappa shape index (κ1) is 93.9. The van der Waals surface area contributed by atoms with Gasteiger partial charge in [0.2, 0.25) is 0 Å². The molecule has 0 aromatic carbocycles. The number of phosphoric ester groups is 1. The Morgan fingerprint density at radius 2 is 0.551 bits per heavy atom. The zero-order valence-corrected chi connectivity index (χ0v) is 65.1. The van der Waals surface area contributed by atoms with E-state index in [-0.39, 0.29) is 32.0 Å². The SMILES string of the molecule is CC/C=C\C/C=C\C/C=C\C/C=C\C/C=C\C/C=C\C/C=C\CCCCCCCCCCCCCCCC(=O)OC(COC(=O)CCCCCCCCCCCCCCCCCCCCCCCCC/C=C\C/C=C\C/C=C\C/C=C\C/C=C\CC)COP(=O)([O-])OCC[N+](C)(C)C. The number of ether oxygens (including phenoxy) is 2. The number of unbranched alkanes of at least 4 members (excludes halogenated alkanes) is 36. The summed E-state index contributed by atoms with van der Waals surface area (Å²) in [6.07, 6.45) is 114. The average molecular weight is 1380 g/mol. The Balaban J connectivity index is 3.96. The molecule has 0 aliphatic carbocycles. The van der Waals surface area contributed by atoms with E-state index in [1.807, 2.05) is 21.1 Å². The fourth-order valence-corrected chi connectivity index (χ4v) is 12.0. The fraction of sp³-hybridized carbons (Fsp3) is 0.705. The molecule has 0 fully saturated rings. The monoisotopic (exact) mass is 1380 g/mol. The van der Waals surface area contributed by atoms with Crippen LogP contribution < -0.4 is 4.89 Å². The largest absolute Gasteiger partial charge is 0.756 e. The second-order valence-corrected chi connectivity index (χ2v) is 29.4. The predicted octanol–water partition coefficient (Wildman–Crippen LogP) is 26.6. The maximum Gasteiger partial charge on any atom is 0.306 e. The summed E-state index contributed by atoms with van der Waals surface area (Å²) < 4.78 is 34.4. The lowest BCUT2D eigenvalue weighted by Gasteiger charge is -2.28. The molecule has 10 heteroatoms. The van der Waals surface area contributed by atoms with E-state index in [1.54, 1.807) is 0 Å². The average Bonchev–Trinajstić information content (AvgIpc) is 1.08. The van der Waals surface area contributed by atoms with Crippen LogP contribution in [0.25, 0.3) is 0 Å². The van der Waals surface area contributed by atoms with Crippen LogP contribution in [-0.4, -0.2) is 70.0 Å². The second-order valence-electron chi connectivity index (χ2n) is 28.0. The molecule has 0 N–H and O–H groups in total. The summed E-state index contributed by atoms with van der Waals surface area (Å²) in [5, 5.41) is 0. The minimum absolute atomic E-state index is 0.0344. The van der Waals surface area contributed by atoms with Crippen molar-refractivity contribution in [3.63, 3.8) is 0 Å². The number of allylic oxidation sites excluding steroid dienone is 24. The molecule has 9 nitrogen and oxygen atoms in total. The van der Waals surface area contributed by atoms with Gasteiger partial charge in [0.25, 0.3) is 7.82 Å². The lowest BCUT2D eigenvalue weighted by molar-refractivity contribution is -0.870. The molecule has 0 amide bonds. The molecule has 0 aromatic heterocycles. The van der Waals surface area contributed by atoms with Gasteiger partial charge in [-0.3, -0.25) is 14.2 Å². The van der Waals surface area contributed by atoms with E-state index < -0.39 is 26.5 Å². The Labute approximate surface area is 605 Å². The highest BCUT2D eigenvalue weighted by Gasteiger charge is 2.22. The second kappa shape index (κ2) is 77.1. The summed E-state index contributed by atoms with van der Waals surface area (Å²) >= 11 is 0. The van der Waals surface area contributed by atoms with Gasteiger partial charge in [0.05, 0.1) is 27.7 Å². The molecule has 562 valence electrons. The van der Waals surface area contributed by atoms with Crippen LogP contribution in [0.2, 0.25) is 0 Å². The van der Waals surface area contributed by atoms with Crippen molar-refractivity contribution in [1.82, 2.24) is 0 Å². The number of hydrogen-bond donors (Lipinski definition) is 0. The van der Waals surface area contributed by atoms with Crippen LogP contribution >= 0.6 is 7.82 Å². The number of hydrogen-bond acceptors (Lipinski definition) is 8. The molecule has 0 bridgehead atoms. The Morgan fingerprint density at radius 1 is 0.316 bits per heavy atom. The lowest BCUT2D eigenvalue weighted by atomic mass is 10.0. The molecule has 2 unspecified atom stereocenters. The molecular formula is C88H152NO8P. The zero-order valence-electron chi connectivity index (χ0n) is 64.2. The molecule has 0 aliphatic heterocycles. The van der Waals surface area contributed by atoms with Crippen LogP contribution in [0.5, 0.6) is 0 Å². The first-order chi connectivity index (χ1) is 48.0. The van der Waals surface area contributed by atoms with E-state index in [1.165, 1.54) is 199 Å². The quantitative estimate of drug-likeness (QED) is 0.0195. The number of carbonyl (C=O) groups is 2. The van der Waals surface area contributed by atoms with E-state index in [4.69, 9.17) is 18.5 Å². The first-order valence-corrected chi connectivity index (χ1v) is 42.0. The number of rotatable bonds is 74. The van der Waals surface area contributed by atoms with E-state index in [9.17, 15) is 19.0 Å². The van der Waals surface area contributed by atoms with Gasteiger partial charge >= 0.3 is 11.9 Å². The molecule has 0 saturated carbocycles. The summed E-state index contributed by atoms with van der Waals surface area (Å²) in [6.45, 7) is 4.04. The van der Waals surface area contributed by atoms with Crippen molar-refractivity contribution in [2.75, 3.05) is 47.5 Å². The molecule has 0 aliphatic rings. The number of carbonyl (C=O) groups excluding carboxylic acids is 2.